The van der Waals surface area contributed by atoms with Crippen LogP contribution in [0, 0.1) is 35.0 Å². The molecule has 3 heteroatoms. The first-order valence-electron chi connectivity index (χ1n) is 10.7. The van der Waals surface area contributed by atoms with Crippen LogP contribution in [0.25, 0.3) is 0 Å². The molecule has 0 aromatic carbocycles. The fraction of sp³-hybridized carbons (Fsp3) is 0.750. The Balaban J connectivity index is 1.66. The molecule has 0 bridgehead atoms. The zero-order valence-corrected chi connectivity index (χ0v) is 17.5. The van der Waals surface area contributed by atoms with Gasteiger partial charge in [0.15, 0.2) is 5.79 Å². The second-order valence-electron chi connectivity index (χ2n) is 10.6. The lowest BCUT2D eigenvalue weighted by Crippen LogP contribution is -2.36. The Morgan fingerprint density at radius 3 is 2.74 bits per heavy atom. The van der Waals surface area contributed by atoms with Crippen LogP contribution >= 0.6 is 0 Å². The van der Waals surface area contributed by atoms with Gasteiger partial charge in [0.25, 0.3) is 0 Å². The Labute approximate surface area is 164 Å². The maximum absolute atomic E-state index is 11.1. The van der Waals surface area contributed by atoms with E-state index in [1.165, 1.54) is 24.0 Å². The summed E-state index contributed by atoms with van der Waals surface area (Å²) >= 11 is 0. The maximum atomic E-state index is 11.1. The van der Waals surface area contributed by atoms with Crippen molar-refractivity contribution in [3.8, 4) is 0 Å². The highest BCUT2D eigenvalue weighted by atomic mass is 16.6. The summed E-state index contributed by atoms with van der Waals surface area (Å²) in [6, 6.07) is 0. The number of fused-ring (bicyclic) bond motifs is 1. The molecule has 3 fully saturated rings. The maximum Gasteiger partial charge on any atom is 0.175 e. The predicted octanol–water partition coefficient (Wildman–Crippen LogP) is 4.61. The van der Waals surface area contributed by atoms with Crippen molar-refractivity contribution in [1.29, 1.82) is 0 Å². The minimum absolute atomic E-state index is 0.0351. The summed E-state index contributed by atoms with van der Waals surface area (Å²) in [5.41, 5.74) is 1.90. The summed E-state index contributed by atoms with van der Waals surface area (Å²) in [6.45, 7) is 11.4. The molecule has 1 heterocycles. The topological polar surface area (TPSA) is 49.7 Å². The number of rotatable bonds is 3. The molecule has 2 N–H and O–H groups in total. The molecule has 3 aliphatic carbocycles. The Bertz CT molecular complexity index is 698. The number of ether oxygens (including phenoxy) is 1. The summed E-state index contributed by atoms with van der Waals surface area (Å²) < 4.78 is 5.84. The summed E-state index contributed by atoms with van der Waals surface area (Å²) in [4.78, 5) is 0. The van der Waals surface area contributed by atoms with Crippen LogP contribution < -0.4 is 0 Å². The third-order valence-corrected chi connectivity index (χ3v) is 8.10. The van der Waals surface area contributed by atoms with Crippen molar-refractivity contribution in [3.63, 3.8) is 0 Å². The van der Waals surface area contributed by atoms with E-state index >= 15 is 0 Å². The van der Waals surface area contributed by atoms with Crippen LogP contribution in [-0.4, -0.2) is 28.2 Å². The average molecular weight is 373 g/mol. The van der Waals surface area contributed by atoms with Crippen molar-refractivity contribution in [2.45, 2.75) is 71.7 Å². The van der Waals surface area contributed by atoms with Gasteiger partial charge < -0.3 is 14.9 Å². The minimum Gasteiger partial charge on any atom is -0.390 e. The van der Waals surface area contributed by atoms with Gasteiger partial charge in [0.1, 0.15) is 0 Å². The van der Waals surface area contributed by atoms with Crippen LogP contribution in [0.3, 0.4) is 0 Å². The Morgan fingerprint density at radius 2 is 2.04 bits per heavy atom. The standard InChI is InChI=1S/C24H36O3/c1-15(2)7-6-8-16(3)18-9-10-22(4)12-20-21-17(11-19(18)22)13-27-24(21,26)14-23(20,5)25/h6-8,11,16,18-21,25-26H,9-10,12-14H2,1-5H3/b8-6-/t16-,18+,19-,20-,21-,22+,23+,24?/m0/s1. The van der Waals surface area contributed by atoms with Gasteiger partial charge in [-0.25, -0.2) is 0 Å². The molecule has 1 unspecified atom stereocenters. The molecule has 4 aliphatic rings. The van der Waals surface area contributed by atoms with E-state index in [9.17, 15) is 10.2 Å². The fourth-order valence-electron chi connectivity index (χ4n) is 6.72. The monoisotopic (exact) mass is 372 g/mol. The lowest BCUT2D eigenvalue weighted by atomic mass is 9.68. The lowest BCUT2D eigenvalue weighted by molar-refractivity contribution is -0.191. The van der Waals surface area contributed by atoms with Crippen molar-refractivity contribution in [3.05, 3.63) is 35.5 Å². The van der Waals surface area contributed by atoms with Gasteiger partial charge in [-0.2, -0.15) is 0 Å². The lowest BCUT2D eigenvalue weighted by Gasteiger charge is -2.37. The van der Waals surface area contributed by atoms with Crippen LogP contribution in [-0.2, 0) is 4.74 Å². The van der Waals surface area contributed by atoms with Gasteiger partial charge in [0.05, 0.1) is 12.2 Å². The van der Waals surface area contributed by atoms with E-state index in [-0.39, 0.29) is 17.3 Å². The zero-order chi connectivity index (χ0) is 19.6. The van der Waals surface area contributed by atoms with Crippen molar-refractivity contribution < 1.29 is 14.9 Å². The van der Waals surface area contributed by atoms with E-state index in [1.807, 2.05) is 6.92 Å². The molecule has 2 saturated carbocycles. The van der Waals surface area contributed by atoms with E-state index in [4.69, 9.17) is 4.74 Å². The second kappa shape index (κ2) is 6.30. The molecule has 4 rings (SSSR count). The number of aliphatic hydroxyl groups is 2. The molecule has 8 atom stereocenters. The predicted molar refractivity (Wildman–Crippen MR) is 108 cm³/mol. The zero-order valence-electron chi connectivity index (χ0n) is 17.5. The molecule has 3 nitrogen and oxygen atoms in total. The Morgan fingerprint density at radius 1 is 1.30 bits per heavy atom. The third kappa shape index (κ3) is 3.07. The van der Waals surface area contributed by atoms with Crippen molar-refractivity contribution in [2.24, 2.45) is 35.0 Å². The van der Waals surface area contributed by atoms with Gasteiger partial charge in [-0.1, -0.05) is 43.7 Å². The van der Waals surface area contributed by atoms with Crippen LogP contribution in [0.1, 0.15) is 60.3 Å². The largest absolute Gasteiger partial charge is 0.390 e. The van der Waals surface area contributed by atoms with E-state index in [0.717, 1.165) is 6.42 Å². The second-order valence-corrected chi connectivity index (χ2v) is 10.6. The van der Waals surface area contributed by atoms with Crippen molar-refractivity contribution in [1.82, 2.24) is 0 Å². The first-order chi connectivity index (χ1) is 12.6. The van der Waals surface area contributed by atoms with E-state index in [1.54, 1.807) is 0 Å². The van der Waals surface area contributed by atoms with Crippen LogP contribution in [0.15, 0.2) is 35.5 Å². The number of hydrogen-bond donors (Lipinski definition) is 2. The summed E-state index contributed by atoms with van der Waals surface area (Å²) in [7, 11) is 0. The highest BCUT2D eigenvalue weighted by Crippen LogP contribution is 2.64. The Hall–Kier alpha value is -0.900. The van der Waals surface area contributed by atoms with E-state index < -0.39 is 11.4 Å². The molecule has 0 radical (unpaired) electrons. The SMILES string of the molecule is CC(C)=C/C=C\[C@H](C)[C@H]1CC[C@]2(C)C[C@H]3[C@@H]4C(=C[C@@H]12)COC4(O)C[C@@]3(C)O. The third-order valence-electron chi connectivity index (χ3n) is 8.10. The molecule has 0 aromatic rings. The molecule has 27 heavy (non-hydrogen) atoms. The van der Waals surface area contributed by atoms with Gasteiger partial charge in [0, 0.05) is 12.3 Å². The summed E-state index contributed by atoms with van der Waals surface area (Å²) in [5, 5.41) is 22.1. The molecular weight excluding hydrogens is 336 g/mol. The van der Waals surface area contributed by atoms with Gasteiger partial charge >= 0.3 is 0 Å². The number of hydrogen-bond acceptors (Lipinski definition) is 3. The van der Waals surface area contributed by atoms with Gasteiger partial charge in [-0.15, -0.1) is 0 Å². The number of allylic oxidation sites excluding steroid dienone is 5. The average Bonchev–Trinajstić information content (AvgIpc) is 3.05. The van der Waals surface area contributed by atoms with Gasteiger partial charge in [-0.05, 0) is 74.7 Å². The van der Waals surface area contributed by atoms with Crippen molar-refractivity contribution in [2.75, 3.05) is 6.61 Å². The molecule has 0 amide bonds. The van der Waals surface area contributed by atoms with Crippen LogP contribution in [0.4, 0.5) is 0 Å². The molecule has 0 aromatic heterocycles. The smallest absolute Gasteiger partial charge is 0.175 e. The Kier molecular flexibility index (Phi) is 4.53. The normalized spacial score (nSPS) is 49.5. The van der Waals surface area contributed by atoms with Crippen LogP contribution in [0.2, 0.25) is 0 Å². The highest BCUT2D eigenvalue weighted by molar-refractivity contribution is 5.29. The summed E-state index contributed by atoms with van der Waals surface area (Å²) in [5.74, 6) is 0.505. The first-order valence-corrected chi connectivity index (χ1v) is 10.7. The molecule has 150 valence electrons. The van der Waals surface area contributed by atoms with E-state index in [2.05, 4.69) is 52.0 Å². The molecule has 1 saturated heterocycles. The first kappa shape index (κ1) is 19.4. The highest BCUT2D eigenvalue weighted by Gasteiger charge is 2.66. The van der Waals surface area contributed by atoms with E-state index in [0.29, 0.717) is 30.8 Å². The fourth-order valence-corrected chi connectivity index (χ4v) is 6.72. The van der Waals surface area contributed by atoms with Gasteiger partial charge in [-0.3, -0.25) is 0 Å². The molecule has 1 aliphatic heterocycles. The van der Waals surface area contributed by atoms with Gasteiger partial charge in [0.2, 0.25) is 0 Å². The molecular formula is C24H36O3. The van der Waals surface area contributed by atoms with Crippen molar-refractivity contribution >= 4 is 0 Å². The molecule has 0 spiro atoms. The minimum atomic E-state index is -1.17. The summed E-state index contributed by atoms with van der Waals surface area (Å²) in [6.07, 6.45) is 12.9. The quantitative estimate of drug-likeness (QED) is 0.562. The van der Waals surface area contributed by atoms with Crippen LogP contribution in [0.5, 0.6) is 0 Å².